The third-order valence-corrected chi connectivity index (χ3v) is 5.46. The second kappa shape index (κ2) is 7.44. The van der Waals surface area contributed by atoms with Gasteiger partial charge in [-0.25, -0.2) is 4.98 Å². The molecule has 26 heavy (non-hydrogen) atoms. The molecule has 3 rings (SSSR count). The lowest BCUT2D eigenvalue weighted by Crippen LogP contribution is -2.10. The largest absolute Gasteiger partial charge is 0.338 e. The predicted octanol–water partition coefficient (Wildman–Crippen LogP) is 4.57. The van der Waals surface area contributed by atoms with E-state index in [0.29, 0.717) is 22.5 Å². The molecule has 3 aromatic rings. The lowest BCUT2D eigenvalue weighted by atomic mass is 10.3. The number of aromatic nitrogens is 3. The molecule has 0 aliphatic carbocycles. The summed E-state index contributed by atoms with van der Waals surface area (Å²) >= 11 is 6.25. The van der Waals surface area contributed by atoms with Crippen molar-refractivity contribution < 1.29 is 4.57 Å². The lowest BCUT2D eigenvalue weighted by molar-refractivity contribution is 0.588. The van der Waals surface area contributed by atoms with E-state index in [0.717, 1.165) is 16.7 Å². The Balaban J connectivity index is 1.91. The SMILES string of the molecule is Cc1cc(Nc2ncc(Cl)c(Nc3ccccc3P(C)(C)=O)n2)ccn1. The molecule has 0 spiro atoms. The fourth-order valence-electron chi connectivity index (χ4n) is 2.44. The van der Waals surface area contributed by atoms with Crippen molar-refractivity contribution in [3.05, 3.63) is 59.5 Å². The number of benzene rings is 1. The van der Waals surface area contributed by atoms with Gasteiger partial charge in [-0.3, -0.25) is 4.98 Å². The number of para-hydroxylation sites is 1. The monoisotopic (exact) mass is 387 g/mol. The first-order valence-corrected chi connectivity index (χ1v) is 10.9. The number of nitrogens with one attached hydrogen (secondary N) is 2. The number of halogens is 1. The Kier molecular flexibility index (Phi) is 5.25. The van der Waals surface area contributed by atoms with Crippen molar-refractivity contribution in [2.24, 2.45) is 0 Å². The standard InChI is InChI=1S/C18H19ClN5OP/c1-12-10-13(8-9-20-12)22-18-21-11-14(19)17(24-18)23-15-6-4-5-7-16(15)26(2,3)25/h4-11H,1-3H3,(H2,20,21,22,23,24). The fraction of sp³-hybridized carbons (Fsp3) is 0.167. The molecule has 0 bridgehead atoms. The maximum absolute atomic E-state index is 12.5. The molecule has 2 heterocycles. The van der Waals surface area contributed by atoms with Gasteiger partial charge in [0.05, 0.1) is 11.9 Å². The summed E-state index contributed by atoms with van der Waals surface area (Å²) in [6.45, 7) is 5.37. The first-order valence-electron chi connectivity index (χ1n) is 7.97. The number of aryl methyl sites for hydroxylation is 1. The summed E-state index contributed by atoms with van der Waals surface area (Å²) in [5.41, 5.74) is 2.43. The average Bonchev–Trinajstić information content (AvgIpc) is 2.57. The third kappa shape index (κ3) is 4.40. The topological polar surface area (TPSA) is 79.8 Å². The summed E-state index contributed by atoms with van der Waals surface area (Å²) in [5, 5.41) is 7.42. The molecule has 0 radical (unpaired) electrons. The highest BCUT2D eigenvalue weighted by Crippen LogP contribution is 2.38. The van der Waals surface area contributed by atoms with Gasteiger partial charge in [0.2, 0.25) is 5.95 Å². The number of nitrogens with zero attached hydrogens (tertiary/aromatic N) is 3. The van der Waals surface area contributed by atoms with Crippen LogP contribution in [0, 0.1) is 6.92 Å². The van der Waals surface area contributed by atoms with Crippen LogP contribution in [0.1, 0.15) is 5.69 Å². The van der Waals surface area contributed by atoms with Gasteiger partial charge in [-0.15, -0.1) is 0 Å². The van der Waals surface area contributed by atoms with Crippen LogP contribution in [0.15, 0.2) is 48.8 Å². The molecule has 0 aliphatic rings. The summed E-state index contributed by atoms with van der Waals surface area (Å²) in [7, 11) is -2.45. The van der Waals surface area contributed by atoms with Crippen LogP contribution in [-0.2, 0) is 4.57 Å². The highest BCUT2D eigenvalue weighted by atomic mass is 35.5. The van der Waals surface area contributed by atoms with Crippen molar-refractivity contribution in [2.75, 3.05) is 24.0 Å². The molecule has 6 nitrogen and oxygen atoms in total. The van der Waals surface area contributed by atoms with Crippen molar-refractivity contribution in [1.29, 1.82) is 0 Å². The van der Waals surface area contributed by atoms with Crippen LogP contribution in [0.2, 0.25) is 5.02 Å². The molecule has 1 aromatic carbocycles. The number of anilines is 4. The van der Waals surface area contributed by atoms with Crippen molar-refractivity contribution in [3.63, 3.8) is 0 Å². The zero-order valence-electron chi connectivity index (χ0n) is 14.7. The van der Waals surface area contributed by atoms with E-state index in [-0.39, 0.29) is 0 Å². The minimum absolute atomic E-state index is 0.373. The van der Waals surface area contributed by atoms with E-state index in [1.54, 1.807) is 19.5 Å². The van der Waals surface area contributed by atoms with Gasteiger partial charge in [0.1, 0.15) is 12.2 Å². The van der Waals surface area contributed by atoms with E-state index in [4.69, 9.17) is 11.6 Å². The maximum Gasteiger partial charge on any atom is 0.229 e. The molecule has 0 aliphatic heterocycles. The minimum Gasteiger partial charge on any atom is -0.338 e. The third-order valence-electron chi connectivity index (χ3n) is 3.63. The van der Waals surface area contributed by atoms with E-state index in [1.807, 2.05) is 43.3 Å². The highest BCUT2D eigenvalue weighted by Gasteiger charge is 2.17. The zero-order chi connectivity index (χ0) is 18.7. The maximum atomic E-state index is 12.5. The molecule has 0 saturated carbocycles. The van der Waals surface area contributed by atoms with Gasteiger partial charge >= 0.3 is 0 Å². The number of rotatable bonds is 5. The van der Waals surface area contributed by atoms with Gasteiger partial charge in [0, 0.05) is 22.9 Å². The molecule has 0 unspecified atom stereocenters. The van der Waals surface area contributed by atoms with Crippen molar-refractivity contribution in [2.45, 2.75) is 6.92 Å². The van der Waals surface area contributed by atoms with Crippen LogP contribution < -0.4 is 15.9 Å². The smallest absolute Gasteiger partial charge is 0.229 e. The molecule has 0 amide bonds. The number of pyridine rings is 1. The first kappa shape index (κ1) is 18.4. The van der Waals surface area contributed by atoms with Crippen LogP contribution in [-0.4, -0.2) is 28.3 Å². The normalized spacial score (nSPS) is 11.2. The van der Waals surface area contributed by atoms with Crippen LogP contribution in [0.3, 0.4) is 0 Å². The van der Waals surface area contributed by atoms with Crippen molar-refractivity contribution in [1.82, 2.24) is 15.0 Å². The van der Waals surface area contributed by atoms with Gasteiger partial charge in [0.15, 0.2) is 5.82 Å². The van der Waals surface area contributed by atoms with E-state index >= 15 is 0 Å². The fourth-order valence-corrected chi connectivity index (χ4v) is 3.74. The zero-order valence-corrected chi connectivity index (χ0v) is 16.3. The molecular formula is C18H19ClN5OP. The second-order valence-corrected chi connectivity index (χ2v) is 9.78. The van der Waals surface area contributed by atoms with Crippen LogP contribution >= 0.6 is 18.7 Å². The van der Waals surface area contributed by atoms with Crippen LogP contribution in [0.25, 0.3) is 0 Å². The summed E-state index contributed by atoms with van der Waals surface area (Å²) in [6.07, 6.45) is 3.23. The molecule has 0 fully saturated rings. The summed E-state index contributed by atoms with van der Waals surface area (Å²) in [4.78, 5) is 12.8. The number of hydrogen-bond acceptors (Lipinski definition) is 6. The Morgan fingerprint density at radius 2 is 1.85 bits per heavy atom. The molecule has 0 saturated heterocycles. The Hall–Kier alpha value is -2.43. The van der Waals surface area contributed by atoms with E-state index < -0.39 is 7.14 Å². The molecule has 134 valence electrons. The van der Waals surface area contributed by atoms with E-state index in [2.05, 4.69) is 25.6 Å². The van der Waals surface area contributed by atoms with Gasteiger partial charge in [-0.1, -0.05) is 23.7 Å². The molecule has 2 N–H and O–H groups in total. The van der Waals surface area contributed by atoms with Crippen LogP contribution in [0.5, 0.6) is 0 Å². The quantitative estimate of drug-likeness (QED) is 0.624. The minimum atomic E-state index is -2.45. The average molecular weight is 388 g/mol. The summed E-state index contributed by atoms with van der Waals surface area (Å²) in [6, 6.07) is 11.2. The second-order valence-electron chi connectivity index (χ2n) is 6.19. The molecule has 2 aromatic heterocycles. The predicted molar refractivity (Wildman–Crippen MR) is 108 cm³/mol. The van der Waals surface area contributed by atoms with Gasteiger partial charge in [0.25, 0.3) is 0 Å². The van der Waals surface area contributed by atoms with Crippen LogP contribution in [0.4, 0.5) is 23.1 Å². The molecule has 0 atom stereocenters. The van der Waals surface area contributed by atoms with Crippen molar-refractivity contribution >= 4 is 47.2 Å². The molecular weight excluding hydrogens is 369 g/mol. The van der Waals surface area contributed by atoms with Crippen molar-refractivity contribution in [3.8, 4) is 0 Å². The van der Waals surface area contributed by atoms with Gasteiger partial charge in [-0.05, 0) is 44.5 Å². The van der Waals surface area contributed by atoms with Gasteiger partial charge in [-0.2, -0.15) is 4.98 Å². The first-order chi connectivity index (χ1) is 12.3. The highest BCUT2D eigenvalue weighted by molar-refractivity contribution is 7.70. The Morgan fingerprint density at radius 1 is 1.08 bits per heavy atom. The molecule has 8 heteroatoms. The summed E-state index contributed by atoms with van der Waals surface area (Å²) in [5.74, 6) is 0.840. The van der Waals surface area contributed by atoms with E-state index in [9.17, 15) is 4.57 Å². The van der Waals surface area contributed by atoms with E-state index in [1.165, 1.54) is 6.20 Å². The lowest BCUT2D eigenvalue weighted by Gasteiger charge is -2.15. The summed E-state index contributed by atoms with van der Waals surface area (Å²) < 4.78 is 12.5. The van der Waals surface area contributed by atoms with Gasteiger partial charge < -0.3 is 15.2 Å². The Morgan fingerprint density at radius 3 is 2.58 bits per heavy atom. The number of hydrogen-bond donors (Lipinski definition) is 2. The Bertz CT molecular complexity index is 989. The Labute approximate surface area is 157 Å².